The van der Waals surface area contributed by atoms with Crippen LogP contribution in [0.4, 0.5) is 0 Å². The number of amides is 1. The predicted molar refractivity (Wildman–Crippen MR) is 62.7 cm³/mol. The molecule has 1 aromatic carbocycles. The molecule has 0 bridgehead atoms. The molecular formula is C13H15NO3. The lowest BCUT2D eigenvalue weighted by Gasteiger charge is -2.26. The van der Waals surface area contributed by atoms with Crippen molar-refractivity contribution in [2.45, 2.75) is 19.4 Å². The minimum Gasteiger partial charge on any atom is -0.497 e. The van der Waals surface area contributed by atoms with Gasteiger partial charge in [0, 0.05) is 19.5 Å². The number of ketones is 1. The summed E-state index contributed by atoms with van der Waals surface area (Å²) in [6.07, 6.45) is 0.526. The van der Waals surface area contributed by atoms with Gasteiger partial charge in [0.25, 0.3) is 0 Å². The highest BCUT2D eigenvalue weighted by atomic mass is 16.5. The maximum Gasteiger partial charge on any atom is 0.230 e. The van der Waals surface area contributed by atoms with E-state index in [1.807, 2.05) is 24.3 Å². The van der Waals surface area contributed by atoms with Gasteiger partial charge < -0.3 is 9.64 Å². The molecule has 1 aromatic rings. The maximum absolute atomic E-state index is 11.6. The molecule has 0 N–H and O–H groups in total. The van der Waals surface area contributed by atoms with Crippen molar-refractivity contribution in [3.63, 3.8) is 0 Å². The summed E-state index contributed by atoms with van der Waals surface area (Å²) in [5.74, 6) is 0.770. The van der Waals surface area contributed by atoms with Crippen LogP contribution in [-0.2, 0) is 16.1 Å². The Kier molecular flexibility index (Phi) is 3.42. The Morgan fingerprint density at radius 2 is 1.94 bits per heavy atom. The fraction of sp³-hybridized carbons (Fsp3) is 0.385. The number of carbonyl (C=O) groups excluding carboxylic acids is 2. The molecule has 0 spiro atoms. The van der Waals surface area contributed by atoms with E-state index in [4.69, 9.17) is 4.74 Å². The Morgan fingerprint density at radius 1 is 1.24 bits per heavy atom. The molecule has 0 saturated carbocycles. The average Bonchev–Trinajstić information content (AvgIpc) is 2.34. The van der Waals surface area contributed by atoms with E-state index in [9.17, 15) is 9.59 Å². The highest BCUT2D eigenvalue weighted by molar-refractivity contribution is 6.00. The van der Waals surface area contributed by atoms with E-state index in [0.29, 0.717) is 19.5 Å². The van der Waals surface area contributed by atoms with Gasteiger partial charge in [0.1, 0.15) is 11.5 Å². The number of rotatable bonds is 3. The fourth-order valence-electron chi connectivity index (χ4n) is 1.87. The normalized spacial score (nSPS) is 16.2. The first-order valence-corrected chi connectivity index (χ1v) is 5.61. The lowest BCUT2D eigenvalue weighted by atomic mass is 10.1. The minimum absolute atomic E-state index is 0.0426. The molecule has 0 aromatic heterocycles. The standard InChI is InChI=1S/C13H15NO3/c1-17-12-4-2-10(3-5-12)9-14-7-6-11(15)8-13(14)16/h2-5H,6-9H2,1H3. The summed E-state index contributed by atoms with van der Waals surface area (Å²) in [6.45, 7) is 1.10. The van der Waals surface area contributed by atoms with Crippen LogP contribution < -0.4 is 4.74 Å². The Balaban J connectivity index is 2.00. The van der Waals surface area contributed by atoms with Crippen molar-refractivity contribution in [3.8, 4) is 5.75 Å². The summed E-state index contributed by atoms with van der Waals surface area (Å²) in [6, 6.07) is 7.61. The van der Waals surface area contributed by atoms with Crippen LogP contribution in [0.2, 0.25) is 0 Å². The predicted octanol–water partition coefficient (Wildman–Crippen LogP) is 1.39. The molecule has 1 heterocycles. The second kappa shape index (κ2) is 4.99. The number of carbonyl (C=O) groups is 2. The number of piperidine rings is 1. The fourth-order valence-corrected chi connectivity index (χ4v) is 1.87. The number of nitrogens with zero attached hydrogens (tertiary/aromatic N) is 1. The molecule has 1 aliphatic heterocycles. The van der Waals surface area contributed by atoms with Gasteiger partial charge in [-0.15, -0.1) is 0 Å². The Morgan fingerprint density at radius 3 is 2.53 bits per heavy atom. The number of hydrogen-bond acceptors (Lipinski definition) is 3. The molecule has 0 aliphatic carbocycles. The summed E-state index contributed by atoms with van der Waals surface area (Å²) in [4.78, 5) is 24.4. The Hall–Kier alpha value is -1.84. The molecule has 1 fully saturated rings. The zero-order valence-corrected chi connectivity index (χ0v) is 9.81. The van der Waals surface area contributed by atoms with E-state index >= 15 is 0 Å². The van der Waals surface area contributed by atoms with E-state index in [1.54, 1.807) is 12.0 Å². The van der Waals surface area contributed by atoms with Crippen LogP contribution in [0.3, 0.4) is 0 Å². The van der Waals surface area contributed by atoms with Gasteiger partial charge in [0.05, 0.1) is 13.5 Å². The Labute approximate surface area is 100 Å². The number of Topliss-reactive ketones (excluding diaryl/α,β-unsaturated/α-hetero) is 1. The minimum atomic E-state index is -0.0722. The number of likely N-dealkylation sites (tertiary alicyclic amines) is 1. The van der Waals surface area contributed by atoms with Gasteiger partial charge in [0.2, 0.25) is 5.91 Å². The molecule has 0 radical (unpaired) electrons. The number of hydrogen-bond donors (Lipinski definition) is 0. The molecule has 1 saturated heterocycles. The SMILES string of the molecule is COc1ccc(CN2CCC(=O)CC2=O)cc1. The topological polar surface area (TPSA) is 46.6 Å². The lowest BCUT2D eigenvalue weighted by Crippen LogP contribution is -2.38. The van der Waals surface area contributed by atoms with Crippen LogP contribution in [-0.4, -0.2) is 30.2 Å². The monoisotopic (exact) mass is 233 g/mol. The molecule has 0 unspecified atom stereocenters. The van der Waals surface area contributed by atoms with E-state index in [0.717, 1.165) is 11.3 Å². The quantitative estimate of drug-likeness (QED) is 0.741. The van der Waals surface area contributed by atoms with Crippen LogP contribution >= 0.6 is 0 Å². The molecule has 1 amide bonds. The van der Waals surface area contributed by atoms with E-state index in [1.165, 1.54) is 0 Å². The van der Waals surface area contributed by atoms with Gasteiger partial charge in [-0.1, -0.05) is 12.1 Å². The average molecular weight is 233 g/mol. The van der Waals surface area contributed by atoms with Crippen molar-refractivity contribution in [1.82, 2.24) is 4.90 Å². The van der Waals surface area contributed by atoms with Crippen LogP contribution in [0, 0.1) is 0 Å². The van der Waals surface area contributed by atoms with Crippen molar-refractivity contribution >= 4 is 11.7 Å². The van der Waals surface area contributed by atoms with E-state index in [2.05, 4.69) is 0 Å². The van der Waals surface area contributed by atoms with E-state index < -0.39 is 0 Å². The highest BCUT2D eigenvalue weighted by Gasteiger charge is 2.23. The third-order valence-electron chi connectivity index (χ3n) is 2.89. The first-order valence-electron chi connectivity index (χ1n) is 5.61. The lowest BCUT2D eigenvalue weighted by molar-refractivity contribution is -0.139. The van der Waals surface area contributed by atoms with Gasteiger partial charge in [-0.05, 0) is 17.7 Å². The summed E-state index contributed by atoms with van der Waals surface area (Å²) in [5, 5.41) is 0. The molecule has 0 atom stereocenters. The molecule has 4 nitrogen and oxygen atoms in total. The smallest absolute Gasteiger partial charge is 0.230 e. The maximum atomic E-state index is 11.6. The van der Waals surface area contributed by atoms with Crippen LogP contribution in [0.15, 0.2) is 24.3 Å². The van der Waals surface area contributed by atoms with Crippen molar-refractivity contribution in [1.29, 1.82) is 0 Å². The molecule has 1 aliphatic rings. The van der Waals surface area contributed by atoms with Crippen molar-refractivity contribution < 1.29 is 14.3 Å². The zero-order valence-electron chi connectivity index (χ0n) is 9.81. The third kappa shape index (κ3) is 2.84. The van der Waals surface area contributed by atoms with Gasteiger partial charge in [-0.25, -0.2) is 0 Å². The van der Waals surface area contributed by atoms with E-state index in [-0.39, 0.29) is 18.1 Å². The molecule has 90 valence electrons. The number of methoxy groups -OCH3 is 1. The van der Waals surface area contributed by atoms with Crippen LogP contribution in [0.25, 0.3) is 0 Å². The molecule has 17 heavy (non-hydrogen) atoms. The Bertz CT molecular complexity index is 425. The van der Waals surface area contributed by atoms with Crippen LogP contribution in [0.5, 0.6) is 5.75 Å². The van der Waals surface area contributed by atoms with Crippen molar-refractivity contribution in [2.24, 2.45) is 0 Å². The van der Waals surface area contributed by atoms with Gasteiger partial charge in [-0.2, -0.15) is 0 Å². The number of benzene rings is 1. The summed E-state index contributed by atoms with van der Waals surface area (Å²) in [7, 11) is 1.62. The molecule has 2 rings (SSSR count). The molecular weight excluding hydrogens is 218 g/mol. The first kappa shape index (κ1) is 11.6. The number of ether oxygens (including phenoxy) is 1. The van der Waals surface area contributed by atoms with Gasteiger partial charge in [-0.3, -0.25) is 9.59 Å². The van der Waals surface area contributed by atoms with Crippen molar-refractivity contribution in [2.75, 3.05) is 13.7 Å². The summed E-state index contributed by atoms with van der Waals surface area (Å²) >= 11 is 0. The first-order chi connectivity index (χ1) is 8.19. The zero-order chi connectivity index (χ0) is 12.3. The van der Waals surface area contributed by atoms with Crippen LogP contribution in [0.1, 0.15) is 18.4 Å². The second-order valence-electron chi connectivity index (χ2n) is 4.13. The molecule has 4 heteroatoms. The second-order valence-corrected chi connectivity index (χ2v) is 4.13. The van der Waals surface area contributed by atoms with Gasteiger partial charge >= 0.3 is 0 Å². The third-order valence-corrected chi connectivity index (χ3v) is 2.89. The largest absolute Gasteiger partial charge is 0.497 e. The van der Waals surface area contributed by atoms with Gasteiger partial charge in [0.15, 0.2) is 0 Å². The summed E-state index contributed by atoms with van der Waals surface area (Å²) < 4.78 is 5.07. The highest BCUT2D eigenvalue weighted by Crippen LogP contribution is 2.15. The summed E-state index contributed by atoms with van der Waals surface area (Å²) in [5.41, 5.74) is 1.05. The van der Waals surface area contributed by atoms with Crippen molar-refractivity contribution in [3.05, 3.63) is 29.8 Å².